The van der Waals surface area contributed by atoms with Crippen LogP contribution in [0.15, 0.2) is 18.2 Å². The van der Waals surface area contributed by atoms with Crippen LogP contribution in [0, 0.1) is 0 Å². The number of benzene rings is 1. The highest BCUT2D eigenvalue weighted by atomic mass is 35.5. The molecule has 1 N–H and O–H groups in total. The fourth-order valence-electron chi connectivity index (χ4n) is 1.21. The highest BCUT2D eigenvalue weighted by molar-refractivity contribution is 6.33. The SMILES string of the molecule is CC(C)(C)OC(=O)Nc1ccc(C(F)(F)F)cc1Cl. The molecule has 0 aromatic heterocycles. The second-order valence-corrected chi connectivity index (χ2v) is 5.23. The number of ether oxygens (including phenoxy) is 1. The van der Waals surface area contributed by atoms with Crippen LogP contribution in [-0.2, 0) is 10.9 Å². The normalized spacial score (nSPS) is 12.2. The molecule has 0 spiro atoms. The van der Waals surface area contributed by atoms with Crippen molar-refractivity contribution in [3.05, 3.63) is 28.8 Å². The van der Waals surface area contributed by atoms with E-state index in [2.05, 4.69) is 5.32 Å². The zero-order valence-corrected chi connectivity index (χ0v) is 11.3. The van der Waals surface area contributed by atoms with E-state index in [9.17, 15) is 18.0 Å². The Morgan fingerprint density at radius 3 is 2.26 bits per heavy atom. The monoisotopic (exact) mass is 295 g/mol. The molecule has 0 unspecified atom stereocenters. The first-order chi connectivity index (χ1) is 8.49. The number of rotatable bonds is 1. The largest absolute Gasteiger partial charge is 0.444 e. The van der Waals surface area contributed by atoms with Gasteiger partial charge in [0, 0.05) is 0 Å². The third kappa shape index (κ3) is 4.98. The van der Waals surface area contributed by atoms with Crippen molar-refractivity contribution in [1.29, 1.82) is 0 Å². The zero-order chi connectivity index (χ0) is 14.8. The van der Waals surface area contributed by atoms with Gasteiger partial charge in [0.1, 0.15) is 5.60 Å². The standard InChI is InChI=1S/C12H13ClF3NO2/c1-11(2,3)19-10(18)17-9-5-4-7(6-8(9)13)12(14,15)16/h4-6H,1-3H3,(H,17,18). The third-order valence-electron chi connectivity index (χ3n) is 1.93. The van der Waals surface area contributed by atoms with Gasteiger partial charge >= 0.3 is 12.3 Å². The number of amides is 1. The minimum atomic E-state index is -4.48. The van der Waals surface area contributed by atoms with Crippen LogP contribution in [0.4, 0.5) is 23.7 Å². The number of hydrogen-bond donors (Lipinski definition) is 1. The Balaban J connectivity index is 2.84. The van der Waals surface area contributed by atoms with E-state index in [0.29, 0.717) is 0 Å². The highest BCUT2D eigenvalue weighted by Crippen LogP contribution is 2.33. The molecule has 0 saturated carbocycles. The second kappa shape index (κ2) is 5.28. The van der Waals surface area contributed by atoms with Crippen LogP contribution in [0.5, 0.6) is 0 Å². The number of halogens is 4. The summed E-state index contributed by atoms with van der Waals surface area (Å²) in [4.78, 5) is 11.4. The molecule has 0 saturated heterocycles. The van der Waals surface area contributed by atoms with E-state index >= 15 is 0 Å². The lowest BCUT2D eigenvalue weighted by molar-refractivity contribution is -0.137. The number of hydrogen-bond acceptors (Lipinski definition) is 2. The molecule has 7 heteroatoms. The first-order valence-electron chi connectivity index (χ1n) is 5.36. The average Bonchev–Trinajstić information content (AvgIpc) is 2.16. The number of nitrogens with one attached hydrogen (secondary N) is 1. The predicted molar refractivity (Wildman–Crippen MR) is 66.3 cm³/mol. The molecule has 0 radical (unpaired) electrons. The molecule has 1 aromatic carbocycles. The van der Waals surface area contributed by atoms with Crippen LogP contribution in [-0.4, -0.2) is 11.7 Å². The number of carbonyl (C=O) groups is 1. The Morgan fingerprint density at radius 2 is 1.84 bits per heavy atom. The Morgan fingerprint density at radius 1 is 1.26 bits per heavy atom. The molecule has 0 fully saturated rings. The van der Waals surface area contributed by atoms with Gasteiger partial charge in [0.15, 0.2) is 0 Å². The van der Waals surface area contributed by atoms with Gasteiger partial charge in [-0.1, -0.05) is 11.6 Å². The summed E-state index contributed by atoms with van der Waals surface area (Å²) in [6, 6.07) is 2.65. The van der Waals surface area contributed by atoms with Crippen LogP contribution in [0.2, 0.25) is 5.02 Å². The molecular weight excluding hydrogens is 283 g/mol. The molecule has 19 heavy (non-hydrogen) atoms. The maximum Gasteiger partial charge on any atom is 0.416 e. The van der Waals surface area contributed by atoms with Crippen LogP contribution >= 0.6 is 11.6 Å². The molecule has 1 aromatic rings. The van der Waals surface area contributed by atoms with Crippen molar-refractivity contribution < 1.29 is 22.7 Å². The van der Waals surface area contributed by atoms with Gasteiger partial charge in [-0.25, -0.2) is 4.79 Å². The molecule has 0 aliphatic rings. The van der Waals surface area contributed by atoms with Gasteiger partial charge in [-0.3, -0.25) is 5.32 Å². The van der Waals surface area contributed by atoms with Gasteiger partial charge in [-0.05, 0) is 39.0 Å². The Hall–Kier alpha value is -1.43. The molecule has 3 nitrogen and oxygen atoms in total. The van der Waals surface area contributed by atoms with Crippen LogP contribution in [0.1, 0.15) is 26.3 Å². The van der Waals surface area contributed by atoms with Crippen LogP contribution in [0.25, 0.3) is 0 Å². The maximum absolute atomic E-state index is 12.4. The molecule has 1 amide bonds. The van der Waals surface area contributed by atoms with E-state index in [4.69, 9.17) is 16.3 Å². The second-order valence-electron chi connectivity index (χ2n) is 4.82. The van der Waals surface area contributed by atoms with Crippen molar-refractivity contribution in [2.75, 3.05) is 5.32 Å². The van der Waals surface area contributed by atoms with Crippen molar-refractivity contribution in [3.8, 4) is 0 Å². The number of carbonyl (C=O) groups excluding carboxylic acids is 1. The average molecular weight is 296 g/mol. The zero-order valence-electron chi connectivity index (χ0n) is 10.6. The summed E-state index contributed by atoms with van der Waals surface area (Å²) in [5.41, 5.74) is -1.53. The summed E-state index contributed by atoms with van der Waals surface area (Å²) < 4.78 is 42.2. The molecule has 0 aliphatic heterocycles. The van der Waals surface area contributed by atoms with Gasteiger partial charge in [0.2, 0.25) is 0 Å². The van der Waals surface area contributed by atoms with Gasteiger partial charge in [0.05, 0.1) is 16.3 Å². The Bertz CT molecular complexity index is 481. The fourth-order valence-corrected chi connectivity index (χ4v) is 1.43. The predicted octanol–water partition coefficient (Wildman–Crippen LogP) is 4.71. The van der Waals surface area contributed by atoms with Gasteiger partial charge in [-0.2, -0.15) is 13.2 Å². The van der Waals surface area contributed by atoms with Crippen molar-refractivity contribution in [1.82, 2.24) is 0 Å². The lowest BCUT2D eigenvalue weighted by Crippen LogP contribution is -2.27. The summed E-state index contributed by atoms with van der Waals surface area (Å²) in [5.74, 6) is 0. The molecule has 0 bridgehead atoms. The van der Waals surface area contributed by atoms with E-state index < -0.39 is 23.4 Å². The third-order valence-corrected chi connectivity index (χ3v) is 2.24. The molecule has 0 atom stereocenters. The van der Waals surface area contributed by atoms with Gasteiger partial charge in [0.25, 0.3) is 0 Å². The minimum absolute atomic E-state index is 0.0592. The fraction of sp³-hybridized carbons (Fsp3) is 0.417. The van der Waals surface area contributed by atoms with Crippen molar-refractivity contribution in [2.24, 2.45) is 0 Å². The van der Waals surface area contributed by atoms with Gasteiger partial charge < -0.3 is 4.74 Å². The first-order valence-corrected chi connectivity index (χ1v) is 5.73. The number of anilines is 1. The Kier molecular flexibility index (Phi) is 4.35. The number of alkyl halides is 3. The van der Waals surface area contributed by atoms with Crippen molar-refractivity contribution in [3.63, 3.8) is 0 Å². The van der Waals surface area contributed by atoms with Crippen molar-refractivity contribution in [2.45, 2.75) is 32.5 Å². The van der Waals surface area contributed by atoms with E-state index in [0.717, 1.165) is 18.2 Å². The van der Waals surface area contributed by atoms with E-state index in [1.807, 2.05) is 0 Å². The smallest absolute Gasteiger partial charge is 0.416 e. The summed E-state index contributed by atoms with van der Waals surface area (Å²) in [5, 5.41) is 2.08. The lowest BCUT2D eigenvalue weighted by Gasteiger charge is -2.20. The van der Waals surface area contributed by atoms with Crippen LogP contribution < -0.4 is 5.32 Å². The van der Waals surface area contributed by atoms with Gasteiger partial charge in [-0.15, -0.1) is 0 Å². The lowest BCUT2D eigenvalue weighted by atomic mass is 10.2. The molecule has 0 heterocycles. The minimum Gasteiger partial charge on any atom is -0.444 e. The van der Waals surface area contributed by atoms with Crippen LogP contribution in [0.3, 0.4) is 0 Å². The summed E-state index contributed by atoms with van der Waals surface area (Å²) in [6.07, 6.45) is -5.26. The van der Waals surface area contributed by atoms with E-state index in [1.54, 1.807) is 20.8 Å². The molecule has 1 rings (SSSR count). The molecular formula is C12H13ClF3NO2. The first kappa shape index (κ1) is 15.6. The highest BCUT2D eigenvalue weighted by Gasteiger charge is 2.31. The Labute approximate surface area is 113 Å². The molecule has 106 valence electrons. The quantitative estimate of drug-likeness (QED) is 0.815. The van der Waals surface area contributed by atoms with E-state index in [1.165, 1.54) is 0 Å². The topological polar surface area (TPSA) is 38.3 Å². The van der Waals surface area contributed by atoms with E-state index in [-0.39, 0.29) is 10.7 Å². The molecule has 0 aliphatic carbocycles. The summed E-state index contributed by atoms with van der Waals surface area (Å²) in [7, 11) is 0. The summed E-state index contributed by atoms with van der Waals surface area (Å²) >= 11 is 5.68. The summed E-state index contributed by atoms with van der Waals surface area (Å²) in [6.45, 7) is 5.00. The maximum atomic E-state index is 12.4. The van der Waals surface area contributed by atoms with Crippen molar-refractivity contribution >= 4 is 23.4 Å².